The standard InChI is InChI=1S/C16H29N/c1-11(12-6-5-7-12)17-14-15(2,3)13-8-9-16(14,4)10-13/h11-14,17H,5-10H2,1-4H3/t11?,13-,14?,16+/m0/s1. The number of hydrogen-bond acceptors (Lipinski definition) is 1. The number of fused-ring (bicyclic) bond motifs is 2. The molecule has 1 N–H and O–H groups in total. The van der Waals surface area contributed by atoms with E-state index in [2.05, 4.69) is 33.0 Å². The monoisotopic (exact) mass is 235 g/mol. The molecule has 0 heterocycles. The molecule has 3 fully saturated rings. The molecule has 3 saturated carbocycles. The van der Waals surface area contributed by atoms with E-state index in [1.54, 1.807) is 0 Å². The van der Waals surface area contributed by atoms with Gasteiger partial charge in [-0.1, -0.05) is 27.2 Å². The molecule has 4 atom stereocenters. The van der Waals surface area contributed by atoms with Gasteiger partial charge in [-0.15, -0.1) is 0 Å². The van der Waals surface area contributed by atoms with Gasteiger partial charge in [0.15, 0.2) is 0 Å². The third-order valence-electron chi connectivity index (χ3n) is 6.56. The van der Waals surface area contributed by atoms with Gasteiger partial charge >= 0.3 is 0 Å². The van der Waals surface area contributed by atoms with E-state index < -0.39 is 0 Å². The first kappa shape index (κ1) is 12.0. The Labute approximate surface area is 107 Å². The molecule has 0 amide bonds. The molecule has 98 valence electrons. The maximum Gasteiger partial charge on any atom is 0.0177 e. The van der Waals surface area contributed by atoms with Gasteiger partial charge in [0.2, 0.25) is 0 Å². The summed E-state index contributed by atoms with van der Waals surface area (Å²) in [4.78, 5) is 0. The number of nitrogens with one attached hydrogen (secondary N) is 1. The highest BCUT2D eigenvalue weighted by Crippen LogP contribution is 2.62. The first-order chi connectivity index (χ1) is 7.93. The molecule has 3 rings (SSSR count). The molecule has 17 heavy (non-hydrogen) atoms. The van der Waals surface area contributed by atoms with E-state index in [0.29, 0.717) is 10.8 Å². The van der Waals surface area contributed by atoms with Crippen LogP contribution in [-0.4, -0.2) is 12.1 Å². The van der Waals surface area contributed by atoms with E-state index in [1.807, 2.05) is 0 Å². The van der Waals surface area contributed by atoms with E-state index in [0.717, 1.165) is 23.9 Å². The first-order valence-electron chi connectivity index (χ1n) is 7.69. The molecule has 0 aliphatic heterocycles. The summed E-state index contributed by atoms with van der Waals surface area (Å²) >= 11 is 0. The minimum atomic E-state index is 0.519. The summed E-state index contributed by atoms with van der Waals surface area (Å²) in [6, 6.07) is 1.49. The lowest BCUT2D eigenvalue weighted by molar-refractivity contribution is 0.0823. The van der Waals surface area contributed by atoms with E-state index in [4.69, 9.17) is 0 Å². The lowest BCUT2D eigenvalue weighted by Gasteiger charge is -2.46. The molecule has 3 aliphatic rings. The van der Waals surface area contributed by atoms with Crippen molar-refractivity contribution in [1.29, 1.82) is 0 Å². The Hall–Kier alpha value is -0.0400. The fourth-order valence-electron chi connectivity index (χ4n) is 5.06. The van der Waals surface area contributed by atoms with Crippen LogP contribution in [0.2, 0.25) is 0 Å². The van der Waals surface area contributed by atoms with Gasteiger partial charge in [-0.05, 0) is 61.7 Å². The topological polar surface area (TPSA) is 12.0 Å². The quantitative estimate of drug-likeness (QED) is 0.780. The van der Waals surface area contributed by atoms with Crippen LogP contribution in [0.25, 0.3) is 0 Å². The SMILES string of the molecule is CC(NC1C(C)(C)[C@H]2CC[C@]1(C)C2)C1CCC1. The summed E-state index contributed by atoms with van der Waals surface area (Å²) in [5.41, 5.74) is 1.11. The Morgan fingerprint density at radius 2 is 1.82 bits per heavy atom. The molecule has 0 aromatic heterocycles. The summed E-state index contributed by atoms with van der Waals surface area (Å²) in [7, 11) is 0. The van der Waals surface area contributed by atoms with Gasteiger partial charge in [-0.2, -0.15) is 0 Å². The second kappa shape index (κ2) is 3.73. The van der Waals surface area contributed by atoms with Gasteiger partial charge in [0, 0.05) is 12.1 Å². The lowest BCUT2D eigenvalue weighted by Crippen LogP contribution is -2.55. The summed E-state index contributed by atoms with van der Waals surface area (Å²) in [6.07, 6.45) is 8.78. The van der Waals surface area contributed by atoms with Crippen molar-refractivity contribution in [2.45, 2.75) is 78.3 Å². The van der Waals surface area contributed by atoms with E-state index in [1.165, 1.54) is 38.5 Å². The fourth-order valence-corrected chi connectivity index (χ4v) is 5.06. The molecule has 1 heteroatoms. The second-order valence-electron chi connectivity index (χ2n) is 7.99. The van der Waals surface area contributed by atoms with Gasteiger partial charge in [-0.3, -0.25) is 0 Å². The third kappa shape index (κ3) is 1.69. The van der Waals surface area contributed by atoms with Crippen LogP contribution < -0.4 is 5.32 Å². The maximum atomic E-state index is 4.04. The third-order valence-corrected chi connectivity index (χ3v) is 6.56. The Morgan fingerprint density at radius 1 is 1.12 bits per heavy atom. The van der Waals surface area contributed by atoms with Crippen molar-refractivity contribution in [2.75, 3.05) is 0 Å². The molecular weight excluding hydrogens is 206 g/mol. The lowest BCUT2D eigenvalue weighted by atomic mass is 9.67. The molecular formula is C16H29N. The zero-order valence-electron chi connectivity index (χ0n) is 12.1. The molecule has 3 aliphatic carbocycles. The van der Waals surface area contributed by atoms with Crippen LogP contribution in [0.3, 0.4) is 0 Å². The highest BCUT2D eigenvalue weighted by atomic mass is 15.0. The van der Waals surface area contributed by atoms with Crippen LogP contribution in [0, 0.1) is 22.7 Å². The molecule has 2 bridgehead atoms. The average molecular weight is 235 g/mol. The van der Waals surface area contributed by atoms with Crippen molar-refractivity contribution < 1.29 is 0 Å². The molecule has 0 saturated heterocycles. The Kier molecular flexibility index (Phi) is 2.63. The Bertz CT molecular complexity index is 300. The number of rotatable bonds is 3. The molecule has 0 aromatic carbocycles. The predicted octanol–water partition coefficient (Wildman–Crippen LogP) is 3.98. The largest absolute Gasteiger partial charge is 0.310 e. The molecule has 0 radical (unpaired) electrons. The average Bonchev–Trinajstić information content (AvgIpc) is 2.61. The van der Waals surface area contributed by atoms with Crippen LogP contribution in [0.1, 0.15) is 66.2 Å². The van der Waals surface area contributed by atoms with Crippen molar-refractivity contribution >= 4 is 0 Å². The van der Waals surface area contributed by atoms with E-state index in [9.17, 15) is 0 Å². The molecule has 0 spiro atoms. The molecule has 0 aromatic rings. The van der Waals surface area contributed by atoms with E-state index >= 15 is 0 Å². The van der Waals surface area contributed by atoms with Crippen molar-refractivity contribution in [3.8, 4) is 0 Å². The van der Waals surface area contributed by atoms with Crippen molar-refractivity contribution in [1.82, 2.24) is 5.32 Å². The molecule has 1 nitrogen and oxygen atoms in total. The second-order valence-corrected chi connectivity index (χ2v) is 7.99. The van der Waals surface area contributed by atoms with Crippen molar-refractivity contribution in [3.05, 3.63) is 0 Å². The number of hydrogen-bond donors (Lipinski definition) is 1. The van der Waals surface area contributed by atoms with Crippen LogP contribution >= 0.6 is 0 Å². The summed E-state index contributed by atoms with van der Waals surface area (Å²) in [5.74, 6) is 1.94. The van der Waals surface area contributed by atoms with Crippen molar-refractivity contribution in [3.63, 3.8) is 0 Å². The highest BCUT2D eigenvalue weighted by molar-refractivity contribution is 5.12. The van der Waals surface area contributed by atoms with E-state index in [-0.39, 0.29) is 0 Å². The van der Waals surface area contributed by atoms with Gasteiger partial charge in [-0.25, -0.2) is 0 Å². The van der Waals surface area contributed by atoms with Gasteiger partial charge < -0.3 is 5.32 Å². The zero-order chi connectivity index (χ0) is 12.3. The fraction of sp³-hybridized carbons (Fsp3) is 1.00. The first-order valence-corrected chi connectivity index (χ1v) is 7.69. The normalized spacial score (nSPS) is 45.9. The van der Waals surface area contributed by atoms with Crippen LogP contribution in [0.4, 0.5) is 0 Å². The zero-order valence-corrected chi connectivity index (χ0v) is 12.1. The predicted molar refractivity (Wildman–Crippen MR) is 73.0 cm³/mol. The van der Waals surface area contributed by atoms with Gasteiger partial charge in [0.05, 0.1) is 0 Å². The van der Waals surface area contributed by atoms with Crippen molar-refractivity contribution in [2.24, 2.45) is 22.7 Å². The Balaban J connectivity index is 1.73. The van der Waals surface area contributed by atoms with Crippen LogP contribution in [-0.2, 0) is 0 Å². The highest BCUT2D eigenvalue weighted by Gasteiger charge is 2.59. The van der Waals surface area contributed by atoms with Gasteiger partial charge in [0.25, 0.3) is 0 Å². The van der Waals surface area contributed by atoms with Gasteiger partial charge in [0.1, 0.15) is 0 Å². The maximum absolute atomic E-state index is 4.04. The van der Waals surface area contributed by atoms with Crippen LogP contribution in [0.5, 0.6) is 0 Å². The molecule has 2 unspecified atom stereocenters. The summed E-state index contributed by atoms with van der Waals surface area (Å²) in [5, 5.41) is 4.04. The Morgan fingerprint density at radius 3 is 2.29 bits per heavy atom. The summed E-state index contributed by atoms with van der Waals surface area (Å²) < 4.78 is 0. The minimum absolute atomic E-state index is 0.519. The summed E-state index contributed by atoms with van der Waals surface area (Å²) in [6.45, 7) is 9.97. The minimum Gasteiger partial charge on any atom is -0.310 e. The smallest absolute Gasteiger partial charge is 0.0177 e. The van der Waals surface area contributed by atoms with Crippen LogP contribution in [0.15, 0.2) is 0 Å².